The minimum atomic E-state index is 0.542. The van der Waals surface area contributed by atoms with Crippen LogP contribution in [-0.2, 0) is 0 Å². The van der Waals surface area contributed by atoms with Crippen molar-refractivity contribution in [3.05, 3.63) is 0 Å². The minimum absolute atomic E-state index is 0.542. The molecule has 0 atom stereocenters. The fourth-order valence-electron chi connectivity index (χ4n) is 2.22. The summed E-state index contributed by atoms with van der Waals surface area (Å²) in [4.78, 5) is 0. The van der Waals surface area contributed by atoms with Crippen LogP contribution in [0.25, 0.3) is 0 Å². The third kappa shape index (κ3) is 141. The van der Waals surface area contributed by atoms with Crippen LogP contribution in [0, 0.1) is 35.0 Å². The molecule has 46 heavy (non-hydrogen) atoms. The maximum atomic E-state index is 2.28. The first-order valence-electron chi connectivity index (χ1n) is 21.3. The average molecular weight is 661 g/mol. The molecule has 0 aliphatic rings. The lowest BCUT2D eigenvalue weighted by molar-refractivity contribution is 0.398. The minimum Gasteiger partial charge on any atom is -0.0654 e. The Bertz CT molecular complexity index is 353. The van der Waals surface area contributed by atoms with Crippen molar-refractivity contribution in [2.45, 2.75) is 268 Å². The monoisotopic (exact) mass is 661 g/mol. The van der Waals surface area contributed by atoms with Crippen molar-refractivity contribution in [1.82, 2.24) is 0 Å². The summed E-state index contributed by atoms with van der Waals surface area (Å²) in [5, 5.41) is 0. The van der Waals surface area contributed by atoms with Gasteiger partial charge in [0.15, 0.2) is 0 Å². The van der Waals surface area contributed by atoms with Crippen molar-refractivity contribution in [2.75, 3.05) is 0 Å². The van der Waals surface area contributed by atoms with Gasteiger partial charge >= 0.3 is 0 Å². The molecule has 0 aromatic heterocycles. The molecule has 0 radical (unpaired) electrons. The molecule has 0 amide bonds. The van der Waals surface area contributed by atoms with Gasteiger partial charge in [-0.1, -0.05) is 268 Å². The first-order chi connectivity index (χ1) is 21.3. The normalized spacial score (nSPS) is 9.91. The zero-order valence-electron chi connectivity index (χ0n) is 38.4. The molecule has 0 heterocycles. The standard InChI is InChI=1S/6C6H14.2C5H12/c1-5-6(2,3)4;1-5(2)6(3)4;1-4-5-6(2)3;1-4-6(3)5-2;2*1-3-5-6-4-2;1-4-5(2)3;1-3-5-4-2/h5H2,1-4H3;5-6H,1-4H3;2*6H,4-5H2,1-3H3;2*3-6H2,1-2H3;5H,4H2,1-3H3;3-5H2,1-2H3. The summed E-state index contributed by atoms with van der Waals surface area (Å²) < 4.78 is 0. The van der Waals surface area contributed by atoms with Crippen LogP contribution < -0.4 is 0 Å². The predicted octanol–water partition coefficient (Wildman–Crippen LogP) is 19.0. The lowest BCUT2D eigenvalue weighted by Gasteiger charge is -2.12. The van der Waals surface area contributed by atoms with Gasteiger partial charge in [0, 0.05) is 0 Å². The largest absolute Gasteiger partial charge is 0.0654 e. The van der Waals surface area contributed by atoms with Crippen molar-refractivity contribution >= 4 is 0 Å². The molecular formula is C46H108. The highest BCUT2D eigenvalue weighted by molar-refractivity contribution is 4.55. The summed E-state index contributed by atoms with van der Waals surface area (Å²) in [5.41, 5.74) is 0.542. The van der Waals surface area contributed by atoms with Crippen LogP contribution >= 0.6 is 0 Å². The molecular weight excluding hydrogens is 553 g/mol. The second kappa shape index (κ2) is 60.3. The summed E-state index contributed by atoms with van der Waals surface area (Å²) in [6, 6.07) is 0. The van der Waals surface area contributed by atoms with Crippen LogP contribution in [0.15, 0.2) is 0 Å². The third-order valence-electron chi connectivity index (χ3n) is 8.09. The molecule has 292 valence electrons. The van der Waals surface area contributed by atoms with Gasteiger partial charge in [-0.2, -0.15) is 0 Å². The quantitative estimate of drug-likeness (QED) is 0.163. The van der Waals surface area contributed by atoms with E-state index in [1.54, 1.807) is 0 Å². The summed E-state index contributed by atoms with van der Waals surface area (Å²) in [6.07, 6.45) is 23.1. The summed E-state index contributed by atoms with van der Waals surface area (Å²) >= 11 is 0. The first-order valence-corrected chi connectivity index (χ1v) is 21.3. The molecule has 0 saturated heterocycles. The van der Waals surface area contributed by atoms with Crippen molar-refractivity contribution in [2.24, 2.45) is 35.0 Å². The average Bonchev–Trinajstić information content (AvgIpc) is 3.00. The van der Waals surface area contributed by atoms with Crippen molar-refractivity contribution in [1.29, 1.82) is 0 Å². The lowest BCUT2D eigenvalue weighted by atomic mass is 9.94. The fourth-order valence-corrected chi connectivity index (χ4v) is 2.22. The molecule has 0 aliphatic carbocycles. The van der Waals surface area contributed by atoms with Crippen LogP contribution in [0.3, 0.4) is 0 Å². The predicted molar refractivity (Wildman–Crippen MR) is 229 cm³/mol. The Morgan fingerprint density at radius 2 is 0.587 bits per heavy atom. The van der Waals surface area contributed by atoms with E-state index in [1.807, 2.05) is 0 Å². The zero-order chi connectivity index (χ0) is 38.4. The molecule has 0 bridgehead atoms. The third-order valence-corrected chi connectivity index (χ3v) is 8.09. The SMILES string of the molecule is CC(C)C(C)C.CCC(C)(C)C.CCC(C)C.CCC(C)CC.CCCC(C)C.CCCCC.CCCCCC.CCCCCC. The summed E-state index contributed by atoms with van der Waals surface area (Å²) in [5.74, 6) is 4.42. The van der Waals surface area contributed by atoms with Crippen LogP contribution in [0.4, 0.5) is 0 Å². The van der Waals surface area contributed by atoms with Gasteiger partial charge in [-0.25, -0.2) is 0 Å². The van der Waals surface area contributed by atoms with Gasteiger partial charge in [0.25, 0.3) is 0 Å². The smallest absolute Gasteiger partial charge is 0.0385 e. The van der Waals surface area contributed by atoms with Crippen molar-refractivity contribution in [3.8, 4) is 0 Å². The Kier molecular flexibility index (Phi) is 84.6. The molecule has 0 aromatic carbocycles. The van der Waals surface area contributed by atoms with Gasteiger partial charge in [-0.3, -0.25) is 0 Å². The lowest BCUT2D eigenvalue weighted by Crippen LogP contribution is -2.00. The van der Waals surface area contributed by atoms with E-state index in [9.17, 15) is 0 Å². The van der Waals surface area contributed by atoms with Gasteiger partial charge < -0.3 is 0 Å². The van der Waals surface area contributed by atoms with Crippen LogP contribution in [0.2, 0.25) is 0 Å². The van der Waals surface area contributed by atoms with Crippen molar-refractivity contribution in [3.63, 3.8) is 0 Å². The number of rotatable bonds is 14. The van der Waals surface area contributed by atoms with E-state index in [2.05, 4.69) is 159 Å². The van der Waals surface area contributed by atoms with E-state index >= 15 is 0 Å². The van der Waals surface area contributed by atoms with Gasteiger partial charge in [0.05, 0.1) is 0 Å². The molecule has 0 spiro atoms. The van der Waals surface area contributed by atoms with Gasteiger partial charge in [-0.05, 0) is 35.0 Å². The molecule has 0 N–H and O–H groups in total. The number of hydrogen-bond donors (Lipinski definition) is 0. The van der Waals surface area contributed by atoms with Crippen LogP contribution in [0.1, 0.15) is 268 Å². The fraction of sp³-hybridized carbons (Fsp3) is 1.00. The molecule has 0 rings (SSSR count). The van der Waals surface area contributed by atoms with Gasteiger partial charge in [-0.15, -0.1) is 0 Å². The Labute approximate surface area is 302 Å². The Hall–Kier alpha value is 0. The highest BCUT2D eigenvalue weighted by atomic mass is 14.1. The number of unbranched alkanes of at least 4 members (excludes halogenated alkanes) is 8. The number of hydrogen-bond acceptors (Lipinski definition) is 0. The molecule has 0 aromatic rings. The van der Waals surface area contributed by atoms with Crippen LogP contribution in [0.5, 0.6) is 0 Å². The van der Waals surface area contributed by atoms with E-state index < -0.39 is 0 Å². The van der Waals surface area contributed by atoms with E-state index in [0.717, 1.165) is 29.6 Å². The maximum Gasteiger partial charge on any atom is -0.0385 e. The van der Waals surface area contributed by atoms with E-state index in [4.69, 9.17) is 0 Å². The molecule has 0 fully saturated rings. The van der Waals surface area contributed by atoms with E-state index in [0.29, 0.717) is 5.41 Å². The van der Waals surface area contributed by atoms with Gasteiger partial charge in [0.2, 0.25) is 0 Å². The molecule has 0 aliphatic heterocycles. The van der Waals surface area contributed by atoms with Crippen molar-refractivity contribution < 1.29 is 0 Å². The Morgan fingerprint density at radius 1 is 0.348 bits per heavy atom. The topological polar surface area (TPSA) is 0 Å². The molecule has 0 saturated carbocycles. The Balaban J connectivity index is -0.0000000599. The second-order valence-corrected chi connectivity index (χ2v) is 16.1. The molecule has 0 nitrogen and oxygen atoms in total. The summed E-state index contributed by atoms with van der Waals surface area (Å²) in [6.45, 7) is 51.4. The first kappa shape index (κ1) is 64.5. The zero-order valence-corrected chi connectivity index (χ0v) is 38.4. The van der Waals surface area contributed by atoms with Crippen LogP contribution in [-0.4, -0.2) is 0 Å². The molecule has 0 heteroatoms. The second-order valence-electron chi connectivity index (χ2n) is 16.1. The maximum absolute atomic E-state index is 2.28. The highest BCUT2D eigenvalue weighted by Gasteiger charge is 2.03. The Morgan fingerprint density at radius 3 is 0.609 bits per heavy atom. The molecule has 0 unspecified atom stereocenters. The summed E-state index contributed by atoms with van der Waals surface area (Å²) in [7, 11) is 0. The van der Waals surface area contributed by atoms with E-state index in [-0.39, 0.29) is 0 Å². The highest BCUT2D eigenvalue weighted by Crippen LogP contribution is 2.16. The van der Waals surface area contributed by atoms with Gasteiger partial charge in [0.1, 0.15) is 0 Å². The van der Waals surface area contributed by atoms with E-state index in [1.165, 1.54) is 109 Å².